The molecule has 0 saturated carbocycles. The molecule has 0 radical (unpaired) electrons. The first-order valence-corrected chi connectivity index (χ1v) is 6.99. The molecule has 0 fully saturated rings. The van der Waals surface area contributed by atoms with E-state index in [1.807, 2.05) is 30.2 Å². The van der Waals surface area contributed by atoms with Gasteiger partial charge in [-0.1, -0.05) is 6.07 Å². The summed E-state index contributed by atoms with van der Waals surface area (Å²) in [6, 6.07) is 6.12. The molecule has 0 aliphatic carbocycles. The maximum Gasteiger partial charge on any atom is 0.133 e. The molecule has 102 valence electrons. The van der Waals surface area contributed by atoms with Crippen LogP contribution in [0.2, 0.25) is 0 Å². The summed E-state index contributed by atoms with van der Waals surface area (Å²) in [5, 5.41) is 7.58. The lowest BCUT2D eigenvalue weighted by Gasteiger charge is -2.07. The largest absolute Gasteiger partial charge is 0.496 e. The van der Waals surface area contributed by atoms with Crippen molar-refractivity contribution in [2.24, 2.45) is 7.05 Å². The zero-order valence-electron chi connectivity index (χ0n) is 11.2. The van der Waals surface area contributed by atoms with E-state index in [0.29, 0.717) is 0 Å². The molecule has 0 aliphatic heterocycles. The smallest absolute Gasteiger partial charge is 0.133 e. The van der Waals surface area contributed by atoms with Crippen molar-refractivity contribution in [3.05, 3.63) is 46.2 Å². The van der Waals surface area contributed by atoms with E-state index in [-0.39, 0.29) is 0 Å². The lowest BCUT2D eigenvalue weighted by atomic mass is 10.2. The van der Waals surface area contributed by atoms with Gasteiger partial charge < -0.3 is 10.1 Å². The van der Waals surface area contributed by atoms with Crippen LogP contribution in [0.25, 0.3) is 0 Å². The number of rotatable bonds is 6. The summed E-state index contributed by atoms with van der Waals surface area (Å²) in [4.78, 5) is 0. The molecule has 2 aromatic rings. The molecule has 0 unspecified atom stereocenters. The normalized spacial score (nSPS) is 10.7. The predicted molar refractivity (Wildman–Crippen MR) is 79.3 cm³/mol. The van der Waals surface area contributed by atoms with E-state index in [9.17, 15) is 0 Å². The number of nitrogens with zero attached hydrogens (tertiary/aromatic N) is 2. The van der Waals surface area contributed by atoms with E-state index in [0.717, 1.165) is 29.7 Å². The van der Waals surface area contributed by atoms with Crippen molar-refractivity contribution >= 4 is 15.9 Å². The van der Waals surface area contributed by atoms with Gasteiger partial charge >= 0.3 is 0 Å². The van der Waals surface area contributed by atoms with E-state index < -0.39 is 0 Å². The summed E-state index contributed by atoms with van der Waals surface area (Å²) in [6.45, 7) is 1.79. The van der Waals surface area contributed by atoms with Crippen LogP contribution in [-0.2, 0) is 20.0 Å². The average molecular weight is 324 g/mol. The Bertz CT molecular complexity index is 539. The molecule has 0 bridgehead atoms. The number of aryl methyl sites for hydroxylation is 1. The fourth-order valence-electron chi connectivity index (χ4n) is 1.89. The fourth-order valence-corrected chi connectivity index (χ4v) is 2.47. The summed E-state index contributed by atoms with van der Waals surface area (Å²) in [5.41, 5.74) is 2.49. The third-order valence-electron chi connectivity index (χ3n) is 2.89. The Hall–Kier alpha value is -1.33. The van der Waals surface area contributed by atoms with Crippen LogP contribution in [-0.4, -0.2) is 23.4 Å². The second kappa shape index (κ2) is 6.73. The number of methoxy groups -OCH3 is 1. The molecule has 1 aromatic heterocycles. The molecule has 2 rings (SSSR count). The van der Waals surface area contributed by atoms with Crippen molar-refractivity contribution in [2.75, 3.05) is 13.7 Å². The van der Waals surface area contributed by atoms with E-state index in [2.05, 4.69) is 38.5 Å². The summed E-state index contributed by atoms with van der Waals surface area (Å²) in [5.74, 6) is 0.860. The van der Waals surface area contributed by atoms with Crippen LogP contribution < -0.4 is 10.1 Å². The summed E-state index contributed by atoms with van der Waals surface area (Å²) in [7, 11) is 3.61. The maximum absolute atomic E-state index is 5.21. The third kappa shape index (κ3) is 4.08. The van der Waals surface area contributed by atoms with Crippen LogP contribution >= 0.6 is 15.9 Å². The van der Waals surface area contributed by atoms with Crippen LogP contribution in [0.3, 0.4) is 0 Å². The number of benzene rings is 1. The van der Waals surface area contributed by atoms with Gasteiger partial charge in [0.15, 0.2) is 0 Å². The number of ether oxygens (including phenoxy) is 1. The molecule has 1 heterocycles. The van der Waals surface area contributed by atoms with Gasteiger partial charge in [-0.15, -0.1) is 0 Å². The topological polar surface area (TPSA) is 39.1 Å². The number of halogens is 1. The number of aromatic nitrogens is 2. The molecule has 0 saturated heterocycles. The van der Waals surface area contributed by atoms with Crippen molar-refractivity contribution in [3.8, 4) is 5.75 Å². The number of hydrogen-bond donors (Lipinski definition) is 1. The van der Waals surface area contributed by atoms with Gasteiger partial charge in [0.1, 0.15) is 5.75 Å². The second-order valence-electron chi connectivity index (χ2n) is 4.42. The van der Waals surface area contributed by atoms with Gasteiger partial charge in [0, 0.05) is 19.8 Å². The minimum absolute atomic E-state index is 0.850. The van der Waals surface area contributed by atoms with Crippen LogP contribution in [0.1, 0.15) is 11.1 Å². The average Bonchev–Trinajstić information content (AvgIpc) is 2.81. The molecule has 4 nitrogen and oxygen atoms in total. The Labute approximate surface area is 121 Å². The van der Waals surface area contributed by atoms with Crippen molar-refractivity contribution in [1.29, 1.82) is 0 Å². The number of hydrogen-bond acceptors (Lipinski definition) is 3. The van der Waals surface area contributed by atoms with Crippen LogP contribution in [0.15, 0.2) is 35.1 Å². The lowest BCUT2D eigenvalue weighted by molar-refractivity contribution is 0.412. The predicted octanol–water partition coefficient (Wildman–Crippen LogP) is 2.52. The van der Waals surface area contributed by atoms with Crippen molar-refractivity contribution in [3.63, 3.8) is 0 Å². The van der Waals surface area contributed by atoms with Gasteiger partial charge in [0.2, 0.25) is 0 Å². The summed E-state index contributed by atoms with van der Waals surface area (Å²) in [6.07, 6.45) is 4.95. The third-order valence-corrected chi connectivity index (χ3v) is 3.51. The molecule has 0 atom stereocenters. The minimum Gasteiger partial charge on any atom is -0.496 e. The van der Waals surface area contributed by atoms with Crippen LogP contribution in [0, 0.1) is 0 Å². The van der Waals surface area contributed by atoms with Gasteiger partial charge in [-0.3, -0.25) is 4.68 Å². The molecule has 19 heavy (non-hydrogen) atoms. The SMILES string of the molecule is COc1ccc(CNCCc2cnn(C)c2)cc1Br. The van der Waals surface area contributed by atoms with Crippen molar-refractivity contribution in [1.82, 2.24) is 15.1 Å². The first-order valence-electron chi connectivity index (χ1n) is 6.19. The molecule has 1 N–H and O–H groups in total. The highest BCUT2D eigenvalue weighted by atomic mass is 79.9. The van der Waals surface area contributed by atoms with Gasteiger partial charge in [0.25, 0.3) is 0 Å². The molecule has 0 spiro atoms. The Balaban J connectivity index is 1.78. The van der Waals surface area contributed by atoms with E-state index in [4.69, 9.17) is 4.74 Å². The van der Waals surface area contributed by atoms with Gasteiger partial charge in [0.05, 0.1) is 17.8 Å². The molecule has 5 heteroatoms. The van der Waals surface area contributed by atoms with Gasteiger partial charge in [-0.05, 0) is 52.2 Å². The van der Waals surface area contributed by atoms with E-state index in [1.165, 1.54) is 11.1 Å². The molecule has 0 aliphatic rings. The maximum atomic E-state index is 5.21. The highest BCUT2D eigenvalue weighted by Gasteiger charge is 2.01. The van der Waals surface area contributed by atoms with Gasteiger partial charge in [-0.2, -0.15) is 5.10 Å². The Morgan fingerprint density at radius 1 is 1.37 bits per heavy atom. The van der Waals surface area contributed by atoms with Crippen molar-refractivity contribution < 1.29 is 4.74 Å². The van der Waals surface area contributed by atoms with Crippen molar-refractivity contribution in [2.45, 2.75) is 13.0 Å². The zero-order valence-corrected chi connectivity index (χ0v) is 12.8. The van der Waals surface area contributed by atoms with Gasteiger partial charge in [-0.25, -0.2) is 0 Å². The first kappa shape index (κ1) is 14.1. The fraction of sp³-hybridized carbons (Fsp3) is 0.357. The Morgan fingerprint density at radius 2 is 2.21 bits per heavy atom. The standard InChI is InChI=1S/C14H18BrN3O/c1-18-10-12(9-17-18)5-6-16-8-11-3-4-14(19-2)13(15)7-11/h3-4,7,9-10,16H,5-6,8H2,1-2H3. The monoisotopic (exact) mass is 323 g/mol. The summed E-state index contributed by atoms with van der Waals surface area (Å²) >= 11 is 3.49. The molecule has 0 amide bonds. The highest BCUT2D eigenvalue weighted by Crippen LogP contribution is 2.25. The zero-order chi connectivity index (χ0) is 13.7. The molecule has 1 aromatic carbocycles. The van der Waals surface area contributed by atoms with Crippen LogP contribution in [0.4, 0.5) is 0 Å². The van der Waals surface area contributed by atoms with Crippen LogP contribution in [0.5, 0.6) is 5.75 Å². The quantitative estimate of drug-likeness (QED) is 0.830. The molecular formula is C14H18BrN3O. The lowest BCUT2D eigenvalue weighted by Crippen LogP contribution is -2.16. The Morgan fingerprint density at radius 3 is 2.84 bits per heavy atom. The summed E-state index contributed by atoms with van der Waals surface area (Å²) < 4.78 is 8.03. The minimum atomic E-state index is 0.850. The highest BCUT2D eigenvalue weighted by molar-refractivity contribution is 9.10. The number of nitrogens with one attached hydrogen (secondary N) is 1. The second-order valence-corrected chi connectivity index (χ2v) is 5.27. The van der Waals surface area contributed by atoms with E-state index in [1.54, 1.807) is 7.11 Å². The Kier molecular flexibility index (Phi) is 4.99. The molecular weight excluding hydrogens is 306 g/mol. The van der Waals surface area contributed by atoms with E-state index >= 15 is 0 Å². The first-order chi connectivity index (χ1) is 9.19.